The molecule has 0 aliphatic heterocycles. The molecule has 108 valence electrons. The third-order valence-corrected chi connectivity index (χ3v) is 5.50. The Kier molecular flexibility index (Phi) is 5.12. The summed E-state index contributed by atoms with van der Waals surface area (Å²) in [6.07, 6.45) is 3.95. The number of benzene rings is 1. The van der Waals surface area contributed by atoms with Gasteiger partial charge in [-0.25, -0.2) is 0 Å². The summed E-state index contributed by atoms with van der Waals surface area (Å²) in [4.78, 5) is 0. The van der Waals surface area contributed by atoms with Crippen molar-refractivity contribution >= 4 is 27.5 Å². The Morgan fingerprint density at radius 1 is 1.50 bits per heavy atom. The highest BCUT2D eigenvalue weighted by molar-refractivity contribution is 9.10. The van der Waals surface area contributed by atoms with E-state index in [-0.39, 0.29) is 0 Å². The molecule has 4 heteroatoms. The number of hydrogen-bond donors (Lipinski definition) is 1. The predicted molar refractivity (Wildman–Crippen MR) is 84.4 cm³/mol. The maximum Gasteiger partial charge on any atom is 0.0987 e. The van der Waals surface area contributed by atoms with Crippen molar-refractivity contribution in [1.82, 2.24) is 0 Å². The van der Waals surface area contributed by atoms with E-state index in [1.165, 1.54) is 0 Å². The molecule has 0 amide bonds. The van der Waals surface area contributed by atoms with Crippen LogP contribution in [-0.4, -0.2) is 5.11 Å². The van der Waals surface area contributed by atoms with E-state index in [2.05, 4.69) is 28.9 Å². The first kappa shape index (κ1) is 15.8. The second-order valence-corrected chi connectivity index (χ2v) is 6.98. The monoisotopic (exact) mass is 355 g/mol. The van der Waals surface area contributed by atoms with Crippen LogP contribution in [0.25, 0.3) is 0 Å². The molecule has 1 aromatic carbocycles. The van der Waals surface area contributed by atoms with Crippen molar-refractivity contribution < 1.29 is 5.11 Å². The lowest BCUT2D eigenvalue weighted by molar-refractivity contribution is 0.0238. The SMILES string of the molecule is CCC1CCC(C#N)(C(O)c2ccc(Cl)cc2Br)CC1. The molecular weight excluding hydrogens is 338 g/mol. The van der Waals surface area contributed by atoms with Crippen LogP contribution in [0.4, 0.5) is 0 Å². The van der Waals surface area contributed by atoms with Crippen LogP contribution in [0.2, 0.25) is 5.02 Å². The molecule has 1 aromatic rings. The van der Waals surface area contributed by atoms with E-state index in [0.717, 1.165) is 42.1 Å². The molecule has 0 spiro atoms. The summed E-state index contributed by atoms with van der Waals surface area (Å²) in [6.45, 7) is 2.19. The highest BCUT2D eigenvalue weighted by atomic mass is 79.9. The van der Waals surface area contributed by atoms with Gasteiger partial charge in [0.25, 0.3) is 0 Å². The molecule has 0 saturated heterocycles. The van der Waals surface area contributed by atoms with Crippen LogP contribution in [0.3, 0.4) is 0 Å². The number of nitrogens with zero attached hydrogens (tertiary/aromatic N) is 1. The zero-order valence-electron chi connectivity index (χ0n) is 11.6. The molecule has 1 atom stereocenters. The molecule has 0 aromatic heterocycles. The third-order valence-electron chi connectivity index (χ3n) is 4.58. The van der Waals surface area contributed by atoms with Gasteiger partial charge in [0.1, 0.15) is 0 Å². The summed E-state index contributed by atoms with van der Waals surface area (Å²) in [5, 5.41) is 21.0. The number of rotatable bonds is 3. The standard InChI is InChI=1S/C16H19BrClNO/c1-2-11-5-7-16(10-19,8-6-11)15(20)13-4-3-12(18)9-14(13)17/h3-4,9,11,15,20H,2,5-8H2,1H3. The topological polar surface area (TPSA) is 44.0 Å². The Labute approximate surface area is 133 Å². The van der Waals surface area contributed by atoms with E-state index in [4.69, 9.17) is 11.6 Å². The van der Waals surface area contributed by atoms with Crippen molar-refractivity contribution in [3.05, 3.63) is 33.3 Å². The molecule has 1 aliphatic rings. The number of hydrogen-bond acceptors (Lipinski definition) is 2. The van der Waals surface area contributed by atoms with Gasteiger partial charge in [-0.2, -0.15) is 5.26 Å². The molecule has 1 saturated carbocycles. The Balaban J connectivity index is 2.26. The predicted octanol–water partition coefficient (Wildman–Crippen LogP) is 5.25. The average Bonchev–Trinajstić information content (AvgIpc) is 2.46. The molecule has 0 bridgehead atoms. The molecule has 1 unspecified atom stereocenters. The molecule has 20 heavy (non-hydrogen) atoms. The van der Waals surface area contributed by atoms with Gasteiger partial charge in [0.05, 0.1) is 17.6 Å². The molecule has 1 fully saturated rings. The van der Waals surface area contributed by atoms with Crippen LogP contribution in [0.1, 0.15) is 50.7 Å². The van der Waals surface area contributed by atoms with Crippen LogP contribution in [0.5, 0.6) is 0 Å². The quantitative estimate of drug-likeness (QED) is 0.804. The Morgan fingerprint density at radius 2 is 2.15 bits per heavy atom. The molecule has 0 heterocycles. The third kappa shape index (κ3) is 3.03. The van der Waals surface area contributed by atoms with Gasteiger partial charge in [-0.15, -0.1) is 0 Å². The van der Waals surface area contributed by atoms with Crippen LogP contribution >= 0.6 is 27.5 Å². The molecular formula is C16H19BrClNO. The fourth-order valence-corrected chi connectivity index (χ4v) is 3.97. The van der Waals surface area contributed by atoms with E-state index in [1.807, 2.05) is 6.07 Å². The van der Waals surface area contributed by atoms with E-state index in [1.54, 1.807) is 12.1 Å². The highest BCUT2D eigenvalue weighted by Crippen LogP contribution is 2.49. The summed E-state index contributed by atoms with van der Waals surface area (Å²) in [7, 11) is 0. The molecule has 0 radical (unpaired) electrons. The zero-order chi connectivity index (χ0) is 14.8. The minimum absolute atomic E-state index is 0.619. The Hall–Kier alpha value is -0.560. The minimum atomic E-state index is -0.767. The Bertz CT molecular complexity index is 518. The van der Waals surface area contributed by atoms with Gasteiger partial charge in [-0.1, -0.05) is 46.9 Å². The Morgan fingerprint density at radius 3 is 2.65 bits per heavy atom. The van der Waals surface area contributed by atoms with Crippen molar-refractivity contribution in [1.29, 1.82) is 5.26 Å². The zero-order valence-corrected chi connectivity index (χ0v) is 13.9. The van der Waals surface area contributed by atoms with Gasteiger partial charge in [0.15, 0.2) is 0 Å². The van der Waals surface area contributed by atoms with Gasteiger partial charge in [0.2, 0.25) is 0 Å². The maximum absolute atomic E-state index is 10.7. The van der Waals surface area contributed by atoms with E-state index in [0.29, 0.717) is 10.9 Å². The van der Waals surface area contributed by atoms with Crippen molar-refractivity contribution in [2.45, 2.75) is 45.1 Å². The minimum Gasteiger partial charge on any atom is -0.387 e. The van der Waals surface area contributed by atoms with Gasteiger partial charge >= 0.3 is 0 Å². The summed E-state index contributed by atoms with van der Waals surface area (Å²) >= 11 is 9.38. The van der Waals surface area contributed by atoms with Crippen molar-refractivity contribution in [3.8, 4) is 6.07 Å². The second kappa shape index (κ2) is 6.47. The van der Waals surface area contributed by atoms with Crippen LogP contribution < -0.4 is 0 Å². The van der Waals surface area contributed by atoms with Crippen LogP contribution in [-0.2, 0) is 0 Å². The van der Waals surface area contributed by atoms with Gasteiger partial charge in [-0.3, -0.25) is 0 Å². The van der Waals surface area contributed by atoms with Crippen LogP contribution in [0.15, 0.2) is 22.7 Å². The van der Waals surface area contributed by atoms with E-state index < -0.39 is 11.5 Å². The lowest BCUT2D eigenvalue weighted by Crippen LogP contribution is -2.32. The fraction of sp³-hybridized carbons (Fsp3) is 0.562. The van der Waals surface area contributed by atoms with E-state index in [9.17, 15) is 10.4 Å². The summed E-state index contributed by atoms with van der Waals surface area (Å²) in [6, 6.07) is 7.73. The summed E-state index contributed by atoms with van der Waals surface area (Å²) in [5.74, 6) is 0.692. The number of nitriles is 1. The van der Waals surface area contributed by atoms with Crippen molar-refractivity contribution in [3.63, 3.8) is 0 Å². The normalized spacial score (nSPS) is 27.9. The largest absolute Gasteiger partial charge is 0.387 e. The molecule has 1 N–H and O–H groups in total. The van der Waals surface area contributed by atoms with Crippen LogP contribution in [0, 0.1) is 22.7 Å². The van der Waals surface area contributed by atoms with E-state index >= 15 is 0 Å². The van der Waals surface area contributed by atoms with Crippen molar-refractivity contribution in [2.24, 2.45) is 11.3 Å². The summed E-state index contributed by atoms with van der Waals surface area (Å²) in [5.41, 5.74) is 0.0908. The number of halogens is 2. The smallest absolute Gasteiger partial charge is 0.0987 e. The van der Waals surface area contributed by atoms with Gasteiger partial charge in [-0.05, 0) is 49.3 Å². The maximum atomic E-state index is 10.7. The number of aliphatic hydroxyl groups excluding tert-OH is 1. The first-order chi connectivity index (χ1) is 9.52. The molecule has 2 nitrogen and oxygen atoms in total. The average molecular weight is 357 g/mol. The molecule has 2 rings (SSSR count). The second-order valence-electron chi connectivity index (χ2n) is 5.69. The lowest BCUT2D eigenvalue weighted by Gasteiger charge is -2.38. The fourth-order valence-electron chi connectivity index (χ4n) is 3.07. The first-order valence-electron chi connectivity index (χ1n) is 7.06. The van der Waals surface area contributed by atoms with Gasteiger partial charge < -0.3 is 5.11 Å². The van der Waals surface area contributed by atoms with Gasteiger partial charge in [0, 0.05) is 9.50 Å². The number of aliphatic hydroxyl groups is 1. The lowest BCUT2D eigenvalue weighted by atomic mass is 9.66. The highest BCUT2D eigenvalue weighted by Gasteiger charge is 2.42. The molecule has 1 aliphatic carbocycles. The van der Waals surface area contributed by atoms with Crippen molar-refractivity contribution in [2.75, 3.05) is 0 Å². The summed E-state index contributed by atoms with van der Waals surface area (Å²) < 4.78 is 0.768. The first-order valence-corrected chi connectivity index (χ1v) is 8.24.